The highest BCUT2D eigenvalue weighted by atomic mass is 32.2. The zero-order valence-electron chi connectivity index (χ0n) is 17.7. The van der Waals surface area contributed by atoms with Crippen LogP contribution in [0.5, 0.6) is 17.2 Å². The molecule has 1 saturated heterocycles. The summed E-state index contributed by atoms with van der Waals surface area (Å²) in [5.41, 5.74) is 7.56. The SMILES string of the molecule is N=Cc1ccc(O)c(O)c1O.NC1=NC(=O)C(CC(=O)Nc2ccc(N3CCCC3)cc2)S1. The largest absolute Gasteiger partial charge is 0.504 e. The number of benzene rings is 2. The maximum atomic E-state index is 12.0. The number of nitrogens with two attached hydrogens (primary N) is 1. The van der Waals surface area contributed by atoms with E-state index in [-0.39, 0.29) is 29.0 Å². The summed E-state index contributed by atoms with van der Waals surface area (Å²) in [6, 6.07) is 10.3. The quantitative estimate of drug-likeness (QED) is 0.285. The minimum atomic E-state index is -0.592. The second kappa shape index (κ2) is 10.7. The number of aromatic hydroxyl groups is 3. The van der Waals surface area contributed by atoms with E-state index in [1.165, 1.54) is 30.7 Å². The van der Waals surface area contributed by atoms with Gasteiger partial charge in [0.25, 0.3) is 5.91 Å². The van der Waals surface area contributed by atoms with Crippen LogP contribution in [-0.4, -0.2) is 56.9 Å². The molecule has 33 heavy (non-hydrogen) atoms. The average molecular weight is 472 g/mol. The highest BCUT2D eigenvalue weighted by Crippen LogP contribution is 2.36. The van der Waals surface area contributed by atoms with Crippen molar-refractivity contribution in [3.63, 3.8) is 0 Å². The van der Waals surface area contributed by atoms with Gasteiger partial charge in [0.1, 0.15) is 5.25 Å². The number of rotatable bonds is 5. The number of hydrogen-bond donors (Lipinski definition) is 6. The summed E-state index contributed by atoms with van der Waals surface area (Å²) in [5.74, 6) is -1.99. The summed E-state index contributed by atoms with van der Waals surface area (Å²) >= 11 is 1.14. The molecule has 1 atom stereocenters. The van der Waals surface area contributed by atoms with E-state index in [9.17, 15) is 9.59 Å². The number of hydrogen-bond acceptors (Lipinski definition) is 9. The van der Waals surface area contributed by atoms with Crippen molar-refractivity contribution < 1.29 is 24.9 Å². The molecule has 0 saturated carbocycles. The highest BCUT2D eigenvalue weighted by molar-refractivity contribution is 8.15. The number of anilines is 2. The molecule has 4 rings (SSSR count). The standard InChI is InChI=1S/C15H18N4O2S.C7H7NO3/c16-15-18-14(21)12(22-15)9-13(20)17-10-3-5-11(6-4-10)19-7-1-2-8-19;8-3-4-1-2-5(9)7(11)6(4)10/h3-6,12H,1-2,7-9H2,(H,17,20)(H2,16,18,21);1-3,8-11H. The van der Waals surface area contributed by atoms with Crippen molar-refractivity contribution in [1.29, 1.82) is 5.41 Å². The van der Waals surface area contributed by atoms with Crippen molar-refractivity contribution in [1.82, 2.24) is 0 Å². The van der Waals surface area contributed by atoms with Crippen molar-refractivity contribution >= 4 is 46.3 Å². The highest BCUT2D eigenvalue weighted by Gasteiger charge is 2.29. The molecule has 2 amide bonds. The van der Waals surface area contributed by atoms with E-state index >= 15 is 0 Å². The average Bonchev–Trinajstić information content (AvgIpc) is 3.43. The fraction of sp³-hybridized carbons (Fsp3) is 0.273. The van der Waals surface area contributed by atoms with Crippen molar-refractivity contribution in [2.24, 2.45) is 10.7 Å². The maximum Gasteiger partial charge on any atom is 0.262 e. The van der Waals surface area contributed by atoms with Gasteiger partial charge >= 0.3 is 0 Å². The lowest BCUT2D eigenvalue weighted by atomic mass is 10.2. The number of aliphatic imine (C=N–C) groups is 1. The van der Waals surface area contributed by atoms with Gasteiger partial charge < -0.3 is 36.7 Å². The number of phenolic OH excluding ortho intramolecular Hbond substituents is 3. The number of phenols is 3. The van der Waals surface area contributed by atoms with Crippen molar-refractivity contribution in [3.8, 4) is 17.2 Å². The second-order valence-electron chi connectivity index (χ2n) is 7.40. The molecule has 2 aromatic rings. The van der Waals surface area contributed by atoms with Crippen LogP contribution in [0.3, 0.4) is 0 Å². The van der Waals surface area contributed by atoms with Crippen molar-refractivity contribution in [2.75, 3.05) is 23.3 Å². The van der Waals surface area contributed by atoms with Gasteiger partial charge in [-0.3, -0.25) is 9.59 Å². The summed E-state index contributed by atoms with van der Waals surface area (Å²) in [7, 11) is 0. The molecule has 7 N–H and O–H groups in total. The number of nitrogens with zero attached hydrogens (tertiary/aromatic N) is 2. The fourth-order valence-corrected chi connectivity index (χ4v) is 4.17. The van der Waals surface area contributed by atoms with Crippen molar-refractivity contribution in [2.45, 2.75) is 24.5 Å². The number of amidine groups is 1. The topological polar surface area (TPSA) is 172 Å². The molecule has 0 radical (unpaired) electrons. The second-order valence-corrected chi connectivity index (χ2v) is 8.63. The molecule has 2 aromatic carbocycles. The molecule has 0 aromatic heterocycles. The Morgan fingerprint density at radius 2 is 1.82 bits per heavy atom. The molecule has 2 aliphatic heterocycles. The molecule has 1 fully saturated rings. The van der Waals surface area contributed by atoms with Crippen LogP contribution in [0.15, 0.2) is 41.4 Å². The summed E-state index contributed by atoms with van der Waals surface area (Å²) in [6.07, 6.45) is 3.43. The van der Waals surface area contributed by atoms with Gasteiger partial charge in [0.2, 0.25) is 11.7 Å². The lowest BCUT2D eigenvalue weighted by Crippen LogP contribution is -2.21. The van der Waals surface area contributed by atoms with Crippen LogP contribution in [0, 0.1) is 5.41 Å². The van der Waals surface area contributed by atoms with Crippen LogP contribution >= 0.6 is 11.8 Å². The molecule has 11 heteroatoms. The maximum absolute atomic E-state index is 12.0. The van der Waals surface area contributed by atoms with E-state index in [0.717, 1.165) is 36.8 Å². The fourth-order valence-electron chi connectivity index (χ4n) is 3.34. The molecule has 174 valence electrons. The molecule has 1 unspecified atom stereocenters. The Morgan fingerprint density at radius 1 is 1.15 bits per heavy atom. The first-order chi connectivity index (χ1) is 15.8. The Morgan fingerprint density at radius 3 is 2.39 bits per heavy atom. The van der Waals surface area contributed by atoms with E-state index in [0.29, 0.717) is 0 Å². The molecule has 2 aliphatic rings. The Balaban J connectivity index is 0.000000235. The third-order valence-corrected chi connectivity index (χ3v) is 6.05. The van der Waals surface area contributed by atoms with Crippen LogP contribution in [-0.2, 0) is 9.59 Å². The van der Waals surface area contributed by atoms with Gasteiger partial charge in [0, 0.05) is 42.7 Å². The predicted octanol–water partition coefficient (Wildman–Crippen LogP) is 2.37. The number of carbonyl (C=O) groups is 2. The van der Waals surface area contributed by atoms with Gasteiger partial charge in [-0.2, -0.15) is 4.99 Å². The normalized spacial score (nSPS) is 17.2. The third kappa shape index (κ3) is 6.16. The van der Waals surface area contributed by atoms with E-state index < -0.39 is 22.5 Å². The van der Waals surface area contributed by atoms with Crippen LogP contribution in [0.25, 0.3) is 0 Å². The zero-order chi connectivity index (χ0) is 24.0. The molecule has 2 heterocycles. The van der Waals surface area contributed by atoms with Crippen LogP contribution in [0.1, 0.15) is 24.8 Å². The van der Waals surface area contributed by atoms with Crippen LogP contribution in [0.2, 0.25) is 0 Å². The van der Waals surface area contributed by atoms with Gasteiger partial charge in [-0.25, -0.2) is 0 Å². The Hall–Kier alpha value is -3.73. The zero-order valence-corrected chi connectivity index (χ0v) is 18.5. The van der Waals surface area contributed by atoms with Gasteiger partial charge in [0.15, 0.2) is 16.7 Å². The number of amides is 2. The number of carbonyl (C=O) groups excluding carboxylic acids is 2. The van der Waals surface area contributed by atoms with E-state index in [1.807, 2.05) is 24.3 Å². The summed E-state index contributed by atoms with van der Waals surface area (Å²) < 4.78 is 0. The first-order valence-corrected chi connectivity index (χ1v) is 11.1. The smallest absolute Gasteiger partial charge is 0.262 e. The number of nitrogens with one attached hydrogen (secondary N) is 2. The Kier molecular flexibility index (Phi) is 7.78. The minimum absolute atomic E-state index is 0.0849. The van der Waals surface area contributed by atoms with Gasteiger partial charge in [-0.15, -0.1) is 0 Å². The van der Waals surface area contributed by atoms with Gasteiger partial charge in [-0.05, 0) is 49.2 Å². The van der Waals surface area contributed by atoms with E-state index in [4.69, 9.17) is 26.5 Å². The Bertz CT molecular complexity index is 1070. The van der Waals surface area contributed by atoms with Gasteiger partial charge in [-0.1, -0.05) is 11.8 Å². The molecular weight excluding hydrogens is 446 g/mol. The van der Waals surface area contributed by atoms with Crippen LogP contribution in [0.4, 0.5) is 11.4 Å². The summed E-state index contributed by atoms with van der Waals surface area (Å²) in [5, 5.41) is 36.1. The van der Waals surface area contributed by atoms with Crippen LogP contribution < -0.4 is 16.0 Å². The molecular formula is C22H25N5O5S. The first kappa shape index (κ1) is 23.9. The predicted molar refractivity (Wildman–Crippen MR) is 128 cm³/mol. The van der Waals surface area contributed by atoms with Crippen molar-refractivity contribution in [3.05, 3.63) is 42.0 Å². The minimum Gasteiger partial charge on any atom is -0.504 e. The lowest BCUT2D eigenvalue weighted by Gasteiger charge is -2.17. The lowest BCUT2D eigenvalue weighted by molar-refractivity contribution is -0.121. The molecule has 10 nitrogen and oxygen atoms in total. The summed E-state index contributed by atoms with van der Waals surface area (Å²) in [6.45, 7) is 2.18. The van der Waals surface area contributed by atoms with E-state index in [2.05, 4.69) is 15.2 Å². The third-order valence-electron chi connectivity index (χ3n) is 5.07. The Labute approximate surface area is 194 Å². The monoisotopic (exact) mass is 471 g/mol. The number of thioether (sulfide) groups is 1. The first-order valence-electron chi connectivity index (χ1n) is 10.2. The van der Waals surface area contributed by atoms with Gasteiger partial charge in [0.05, 0.1) is 0 Å². The molecule has 0 spiro atoms. The molecule has 0 aliphatic carbocycles. The molecule has 0 bridgehead atoms. The summed E-state index contributed by atoms with van der Waals surface area (Å²) in [4.78, 5) is 29.4. The van der Waals surface area contributed by atoms with E-state index in [1.54, 1.807) is 0 Å².